The SMILES string of the molecule is CC(C)(C)OC(=O)/C(=C1/NC=C(C=O)CS1)N1C(=O)c2ccccc2C1=O. The van der Waals surface area contributed by atoms with Crippen molar-refractivity contribution in [3.63, 3.8) is 0 Å². The molecule has 27 heavy (non-hydrogen) atoms. The van der Waals surface area contributed by atoms with E-state index in [2.05, 4.69) is 5.32 Å². The molecule has 0 radical (unpaired) electrons. The van der Waals surface area contributed by atoms with Crippen LogP contribution in [0.4, 0.5) is 0 Å². The van der Waals surface area contributed by atoms with Gasteiger partial charge in [0.25, 0.3) is 11.8 Å². The molecule has 0 aromatic heterocycles. The Morgan fingerprint density at radius 2 is 1.78 bits per heavy atom. The number of imide groups is 1. The average Bonchev–Trinajstić information content (AvgIpc) is 2.87. The van der Waals surface area contributed by atoms with Crippen LogP contribution < -0.4 is 5.32 Å². The molecule has 3 rings (SSSR count). The van der Waals surface area contributed by atoms with Crippen LogP contribution in [0.25, 0.3) is 0 Å². The number of carbonyl (C=O) groups is 4. The van der Waals surface area contributed by atoms with Crippen molar-refractivity contribution in [1.29, 1.82) is 0 Å². The summed E-state index contributed by atoms with van der Waals surface area (Å²) in [6.07, 6.45) is 2.15. The Morgan fingerprint density at radius 1 is 1.19 bits per heavy atom. The summed E-state index contributed by atoms with van der Waals surface area (Å²) in [5, 5.41) is 3.12. The molecule has 2 aliphatic rings. The van der Waals surface area contributed by atoms with Crippen molar-refractivity contribution in [3.8, 4) is 0 Å². The van der Waals surface area contributed by atoms with Crippen LogP contribution in [0, 0.1) is 0 Å². The molecule has 1 aromatic rings. The van der Waals surface area contributed by atoms with Crippen LogP contribution in [0.1, 0.15) is 41.5 Å². The normalized spacial score (nSPS) is 18.5. The highest BCUT2D eigenvalue weighted by Crippen LogP contribution is 2.32. The van der Waals surface area contributed by atoms with Crippen LogP contribution in [-0.2, 0) is 14.3 Å². The quantitative estimate of drug-likeness (QED) is 0.368. The second-order valence-corrected chi connectivity index (χ2v) is 7.93. The molecule has 1 aromatic carbocycles. The summed E-state index contributed by atoms with van der Waals surface area (Å²) in [5.41, 5.74) is -0.0369. The van der Waals surface area contributed by atoms with Gasteiger partial charge < -0.3 is 10.1 Å². The van der Waals surface area contributed by atoms with Crippen LogP contribution in [0.3, 0.4) is 0 Å². The molecule has 2 heterocycles. The number of thioether (sulfide) groups is 1. The number of nitrogens with zero attached hydrogens (tertiary/aromatic N) is 1. The first-order valence-corrected chi connectivity index (χ1v) is 9.20. The van der Waals surface area contributed by atoms with E-state index in [0.29, 0.717) is 17.6 Å². The van der Waals surface area contributed by atoms with Gasteiger partial charge in [-0.3, -0.25) is 14.4 Å². The Labute approximate surface area is 160 Å². The first kappa shape index (κ1) is 18.9. The molecule has 0 aliphatic carbocycles. The Morgan fingerprint density at radius 3 is 2.22 bits per heavy atom. The number of aldehydes is 1. The molecule has 8 heteroatoms. The van der Waals surface area contributed by atoms with Crippen molar-refractivity contribution in [2.75, 3.05) is 5.75 Å². The van der Waals surface area contributed by atoms with E-state index in [1.807, 2.05) is 0 Å². The van der Waals surface area contributed by atoms with E-state index in [4.69, 9.17) is 4.74 Å². The van der Waals surface area contributed by atoms with Gasteiger partial charge in [0, 0.05) is 17.5 Å². The van der Waals surface area contributed by atoms with Gasteiger partial charge in [-0.25, -0.2) is 9.69 Å². The van der Waals surface area contributed by atoms with Gasteiger partial charge in [0.2, 0.25) is 0 Å². The molecule has 0 fully saturated rings. The van der Waals surface area contributed by atoms with Gasteiger partial charge in [-0.05, 0) is 32.9 Å². The topological polar surface area (TPSA) is 92.8 Å². The lowest BCUT2D eigenvalue weighted by molar-refractivity contribution is -0.151. The summed E-state index contributed by atoms with van der Waals surface area (Å²) in [6.45, 7) is 5.09. The zero-order valence-electron chi connectivity index (χ0n) is 15.1. The van der Waals surface area contributed by atoms with E-state index in [1.54, 1.807) is 45.0 Å². The summed E-state index contributed by atoms with van der Waals surface area (Å²) in [5.74, 6) is -1.66. The summed E-state index contributed by atoms with van der Waals surface area (Å²) in [6, 6.07) is 6.39. The number of nitrogens with one attached hydrogen (secondary N) is 1. The van der Waals surface area contributed by atoms with Crippen molar-refractivity contribution >= 4 is 35.8 Å². The number of hydrogen-bond donors (Lipinski definition) is 1. The molecule has 140 valence electrons. The third kappa shape index (κ3) is 3.66. The van der Waals surface area contributed by atoms with E-state index >= 15 is 0 Å². The van der Waals surface area contributed by atoms with Gasteiger partial charge in [-0.15, -0.1) is 11.8 Å². The number of ether oxygens (including phenoxy) is 1. The molecule has 2 aliphatic heterocycles. The fourth-order valence-electron chi connectivity index (χ4n) is 2.61. The molecule has 7 nitrogen and oxygen atoms in total. The van der Waals surface area contributed by atoms with Gasteiger partial charge in [0.1, 0.15) is 16.9 Å². The lowest BCUT2D eigenvalue weighted by atomic mass is 10.1. The van der Waals surface area contributed by atoms with Crippen molar-refractivity contribution in [2.24, 2.45) is 0 Å². The molecule has 0 saturated carbocycles. The number of esters is 1. The van der Waals surface area contributed by atoms with E-state index in [-0.39, 0.29) is 21.9 Å². The third-order valence-corrected chi connectivity index (χ3v) is 4.83. The molecule has 0 saturated heterocycles. The zero-order chi connectivity index (χ0) is 19.8. The Balaban J connectivity index is 2.08. The Hall–Kier alpha value is -2.87. The number of fused-ring (bicyclic) bond motifs is 1. The lowest BCUT2D eigenvalue weighted by Gasteiger charge is -2.26. The fourth-order valence-corrected chi connectivity index (χ4v) is 3.52. The first-order valence-electron chi connectivity index (χ1n) is 8.22. The number of amides is 2. The number of hydrogen-bond acceptors (Lipinski definition) is 7. The highest BCUT2D eigenvalue weighted by Gasteiger charge is 2.43. The maximum absolute atomic E-state index is 12.9. The zero-order valence-corrected chi connectivity index (χ0v) is 15.9. The Kier molecular flexibility index (Phi) is 4.93. The minimum Gasteiger partial charge on any atom is -0.455 e. The number of benzene rings is 1. The van der Waals surface area contributed by atoms with Crippen LogP contribution >= 0.6 is 11.8 Å². The van der Waals surface area contributed by atoms with Crippen molar-refractivity contribution in [3.05, 3.63) is 57.9 Å². The minimum atomic E-state index is -0.815. The van der Waals surface area contributed by atoms with Crippen molar-refractivity contribution in [1.82, 2.24) is 10.2 Å². The first-order chi connectivity index (χ1) is 12.7. The minimum absolute atomic E-state index is 0.178. The van der Waals surface area contributed by atoms with E-state index in [0.717, 1.165) is 16.7 Å². The molecule has 0 unspecified atom stereocenters. The standard InChI is InChI=1S/C19H18N2O5S/c1-19(2,3)26-18(25)14(15-20-8-11(9-22)10-27-15)21-16(23)12-6-4-5-7-13(12)17(21)24/h4-9,20H,10H2,1-3H3/b15-14+. The smallest absolute Gasteiger partial charge is 0.358 e. The van der Waals surface area contributed by atoms with Crippen LogP contribution in [-0.4, -0.2) is 40.3 Å². The molecule has 1 N–H and O–H groups in total. The highest BCUT2D eigenvalue weighted by atomic mass is 32.2. The maximum atomic E-state index is 12.9. The monoisotopic (exact) mass is 386 g/mol. The van der Waals surface area contributed by atoms with E-state index < -0.39 is 23.4 Å². The van der Waals surface area contributed by atoms with Gasteiger partial charge in [-0.1, -0.05) is 12.1 Å². The third-order valence-electron chi connectivity index (χ3n) is 3.75. The Bertz CT molecular complexity index is 876. The molecular formula is C19H18N2O5S. The van der Waals surface area contributed by atoms with Gasteiger partial charge in [-0.2, -0.15) is 0 Å². The maximum Gasteiger partial charge on any atom is 0.358 e. The molecular weight excluding hydrogens is 368 g/mol. The van der Waals surface area contributed by atoms with Gasteiger partial charge in [0.05, 0.1) is 11.1 Å². The lowest BCUT2D eigenvalue weighted by Crippen LogP contribution is -2.38. The predicted molar refractivity (Wildman–Crippen MR) is 99.6 cm³/mol. The second kappa shape index (κ2) is 7.03. The summed E-state index contributed by atoms with van der Waals surface area (Å²) in [7, 11) is 0. The van der Waals surface area contributed by atoms with Crippen molar-refractivity contribution < 1.29 is 23.9 Å². The molecule has 2 amide bonds. The molecule has 0 bridgehead atoms. The second-order valence-electron chi connectivity index (χ2n) is 6.94. The van der Waals surface area contributed by atoms with Gasteiger partial charge in [0.15, 0.2) is 5.70 Å². The number of rotatable bonds is 3. The summed E-state index contributed by atoms with van der Waals surface area (Å²) >= 11 is 1.15. The predicted octanol–water partition coefficient (Wildman–Crippen LogP) is 2.21. The number of carbonyl (C=O) groups excluding carboxylic acids is 4. The van der Waals surface area contributed by atoms with E-state index in [9.17, 15) is 19.2 Å². The van der Waals surface area contributed by atoms with E-state index in [1.165, 1.54) is 6.20 Å². The highest BCUT2D eigenvalue weighted by molar-refractivity contribution is 8.03. The van der Waals surface area contributed by atoms with Crippen LogP contribution in [0.15, 0.2) is 46.8 Å². The molecule has 0 atom stereocenters. The fraction of sp³-hybridized carbons (Fsp3) is 0.263. The summed E-state index contributed by atoms with van der Waals surface area (Å²) in [4.78, 5) is 50.3. The summed E-state index contributed by atoms with van der Waals surface area (Å²) < 4.78 is 5.43. The van der Waals surface area contributed by atoms with Crippen molar-refractivity contribution in [2.45, 2.75) is 26.4 Å². The van der Waals surface area contributed by atoms with Gasteiger partial charge >= 0.3 is 5.97 Å². The average molecular weight is 386 g/mol. The largest absolute Gasteiger partial charge is 0.455 e. The van der Waals surface area contributed by atoms with Crippen LogP contribution in [0.5, 0.6) is 0 Å². The molecule has 0 spiro atoms. The van der Waals surface area contributed by atoms with Crippen LogP contribution in [0.2, 0.25) is 0 Å².